The van der Waals surface area contributed by atoms with E-state index in [4.69, 9.17) is 16.7 Å². The van der Waals surface area contributed by atoms with Crippen LogP contribution >= 0.6 is 11.6 Å². The van der Waals surface area contributed by atoms with Gasteiger partial charge in [-0.2, -0.15) is 5.10 Å². The van der Waals surface area contributed by atoms with Gasteiger partial charge in [-0.15, -0.1) is 0 Å². The molecule has 2 rings (SSSR count). The Balaban J connectivity index is 2.71. The molecule has 1 heterocycles. The molecule has 0 spiro atoms. The minimum Gasteiger partial charge on any atom is -0.476 e. The molecule has 0 saturated heterocycles. The summed E-state index contributed by atoms with van der Waals surface area (Å²) >= 11 is 5.66. The second-order valence-electron chi connectivity index (χ2n) is 4.03. The van der Waals surface area contributed by atoms with E-state index in [-0.39, 0.29) is 16.3 Å². The highest BCUT2D eigenvalue weighted by Gasteiger charge is 2.16. The highest BCUT2D eigenvalue weighted by atomic mass is 35.5. The molecule has 0 aliphatic heterocycles. The number of halogens is 2. The van der Waals surface area contributed by atoms with Gasteiger partial charge in [0.2, 0.25) is 11.1 Å². The fourth-order valence-electron chi connectivity index (χ4n) is 1.72. The van der Waals surface area contributed by atoms with Gasteiger partial charge in [0.15, 0.2) is 0 Å². The van der Waals surface area contributed by atoms with Crippen LogP contribution in [0.25, 0.3) is 5.69 Å². The maximum atomic E-state index is 13.8. The summed E-state index contributed by atoms with van der Waals surface area (Å²) < 4.78 is 14.9. The number of nitrogens with zero attached hydrogens (tertiary/aromatic N) is 2. The van der Waals surface area contributed by atoms with Crippen LogP contribution in [0, 0.1) is 5.82 Å². The van der Waals surface area contributed by atoms with Crippen molar-refractivity contribution in [3.05, 3.63) is 56.7 Å². The molecule has 1 aromatic carbocycles. The summed E-state index contributed by atoms with van der Waals surface area (Å²) in [6.45, 7) is 1.70. The molecule has 0 fully saturated rings. The molecule has 0 amide bonds. The van der Waals surface area contributed by atoms with E-state index < -0.39 is 22.9 Å². The van der Waals surface area contributed by atoms with Gasteiger partial charge in [0.25, 0.3) is 0 Å². The minimum atomic E-state index is -1.45. The molecule has 1 N–H and O–H groups in total. The third-order valence-corrected chi connectivity index (χ3v) is 2.97. The molecule has 0 bridgehead atoms. The van der Waals surface area contributed by atoms with Crippen LogP contribution < -0.4 is 5.43 Å². The molecule has 7 heteroatoms. The number of aromatic carboxylic acids is 1. The molecule has 0 aliphatic carbocycles. The third kappa shape index (κ3) is 2.55. The second kappa shape index (κ2) is 5.42. The maximum absolute atomic E-state index is 13.8. The SMILES string of the molecule is CCc1cn(-c2ccc(Cl)cc2F)nc(C(=O)O)c1=O. The van der Waals surface area contributed by atoms with Crippen molar-refractivity contribution in [2.24, 2.45) is 0 Å². The van der Waals surface area contributed by atoms with Crippen LogP contribution in [0.3, 0.4) is 0 Å². The van der Waals surface area contributed by atoms with Crippen LogP contribution in [0.1, 0.15) is 23.0 Å². The number of benzene rings is 1. The average molecular weight is 297 g/mol. The molecular formula is C13H10ClFN2O3. The molecule has 2 aromatic rings. The number of hydrogen-bond acceptors (Lipinski definition) is 3. The molecule has 0 atom stereocenters. The Morgan fingerprint density at radius 3 is 2.75 bits per heavy atom. The van der Waals surface area contributed by atoms with Crippen molar-refractivity contribution in [2.45, 2.75) is 13.3 Å². The van der Waals surface area contributed by atoms with Crippen molar-refractivity contribution in [3.8, 4) is 5.69 Å². The van der Waals surface area contributed by atoms with Crippen LogP contribution in [0.4, 0.5) is 4.39 Å². The first-order chi connectivity index (χ1) is 9.43. The fourth-order valence-corrected chi connectivity index (χ4v) is 1.88. The van der Waals surface area contributed by atoms with Gasteiger partial charge in [-0.1, -0.05) is 18.5 Å². The zero-order chi connectivity index (χ0) is 14.9. The molecule has 104 valence electrons. The first kappa shape index (κ1) is 14.2. The lowest BCUT2D eigenvalue weighted by atomic mass is 10.2. The molecule has 5 nitrogen and oxygen atoms in total. The summed E-state index contributed by atoms with van der Waals surface area (Å²) in [5, 5.41) is 12.9. The van der Waals surface area contributed by atoms with Crippen molar-refractivity contribution in [2.75, 3.05) is 0 Å². The van der Waals surface area contributed by atoms with E-state index in [1.165, 1.54) is 18.3 Å². The molecule has 1 aromatic heterocycles. The summed E-state index contributed by atoms with van der Waals surface area (Å²) in [6.07, 6.45) is 1.64. The summed E-state index contributed by atoms with van der Waals surface area (Å²) in [5.41, 5.74) is -1.04. The average Bonchev–Trinajstić information content (AvgIpc) is 2.39. The van der Waals surface area contributed by atoms with Gasteiger partial charge in [0.05, 0.1) is 0 Å². The van der Waals surface area contributed by atoms with Gasteiger partial charge in [-0.05, 0) is 24.6 Å². The molecule has 0 radical (unpaired) electrons. The molecule has 0 saturated carbocycles. The van der Waals surface area contributed by atoms with Gasteiger partial charge in [0.1, 0.15) is 11.5 Å². The van der Waals surface area contributed by atoms with E-state index >= 15 is 0 Å². The van der Waals surface area contributed by atoms with Crippen molar-refractivity contribution >= 4 is 17.6 Å². The minimum absolute atomic E-state index is 0.0200. The predicted molar refractivity (Wildman–Crippen MR) is 71.1 cm³/mol. The van der Waals surface area contributed by atoms with Crippen molar-refractivity contribution < 1.29 is 14.3 Å². The molecule has 0 aliphatic rings. The van der Waals surface area contributed by atoms with Crippen LogP contribution in [0.2, 0.25) is 5.02 Å². The smallest absolute Gasteiger partial charge is 0.360 e. The van der Waals surface area contributed by atoms with Crippen molar-refractivity contribution in [3.63, 3.8) is 0 Å². The highest BCUT2D eigenvalue weighted by molar-refractivity contribution is 6.30. The number of hydrogen-bond donors (Lipinski definition) is 1. The van der Waals surface area contributed by atoms with Crippen LogP contribution in [0.5, 0.6) is 0 Å². The first-order valence-electron chi connectivity index (χ1n) is 5.75. The first-order valence-corrected chi connectivity index (χ1v) is 6.13. The maximum Gasteiger partial charge on any atom is 0.360 e. The Bertz CT molecular complexity index is 743. The number of carboxylic acids is 1. The summed E-state index contributed by atoms with van der Waals surface area (Å²) in [7, 11) is 0. The quantitative estimate of drug-likeness (QED) is 0.943. The van der Waals surface area contributed by atoms with Gasteiger partial charge in [-0.3, -0.25) is 4.79 Å². The fraction of sp³-hybridized carbons (Fsp3) is 0.154. The van der Waals surface area contributed by atoms with Gasteiger partial charge in [-0.25, -0.2) is 13.9 Å². The topological polar surface area (TPSA) is 72.2 Å². The monoisotopic (exact) mass is 296 g/mol. The number of rotatable bonds is 3. The van der Waals surface area contributed by atoms with E-state index in [0.29, 0.717) is 6.42 Å². The third-order valence-electron chi connectivity index (χ3n) is 2.73. The zero-order valence-corrected chi connectivity index (χ0v) is 11.2. The summed E-state index contributed by atoms with van der Waals surface area (Å²) in [4.78, 5) is 22.8. The van der Waals surface area contributed by atoms with Crippen LogP contribution in [0.15, 0.2) is 29.2 Å². The van der Waals surface area contributed by atoms with Crippen LogP contribution in [-0.4, -0.2) is 20.9 Å². The second-order valence-corrected chi connectivity index (χ2v) is 4.47. The van der Waals surface area contributed by atoms with E-state index in [9.17, 15) is 14.0 Å². The molecule has 0 unspecified atom stereocenters. The molecule has 20 heavy (non-hydrogen) atoms. The zero-order valence-electron chi connectivity index (χ0n) is 10.4. The number of carboxylic acid groups (broad SMARTS) is 1. The van der Waals surface area contributed by atoms with E-state index in [1.54, 1.807) is 6.92 Å². The number of carbonyl (C=O) groups is 1. The van der Waals surface area contributed by atoms with Gasteiger partial charge >= 0.3 is 5.97 Å². The van der Waals surface area contributed by atoms with Crippen molar-refractivity contribution in [1.29, 1.82) is 0 Å². The van der Waals surface area contributed by atoms with Gasteiger partial charge in [0, 0.05) is 16.8 Å². The highest BCUT2D eigenvalue weighted by Crippen LogP contribution is 2.17. The lowest BCUT2D eigenvalue weighted by Gasteiger charge is -2.09. The summed E-state index contributed by atoms with van der Waals surface area (Å²) in [6, 6.07) is 3.90. The lowest BCUT2D eigenvalue weighted by Crippen LogP contribution is -2.24. The largest absolute Gasteiger partial charge is 0.476 e. The Hall–Kier alpha value is -2.21. The van der Waals surface area contributed by atoms with Crippen LogP contribution in [-0.2, 0) is 6.42 Å². The van der Waals surface area contributed by atoms with Gasteiger partial charge < -0.3 is 5.11 Å². The predicted octanol–water partition coefficient (Wildman–Crippen LogP) is 2.29. The molecular weight excluding hydrogens is 287 g/mol. The Morgan fingerprint density at radius 1 is 1.50 bits per heavy atom. The lowest BCUT2D eigenvalue weighted by molar-refractivity contribution is 0.0686. The van der Waals surface area contributed by atoms with Crippen molar-refractivity contribution in [1.82, 2.24) is 9.78 Å². The summed E-state index contributed by atoms with van der Waals surface area (Å²) in [5.74, 6) is -2.11. The Kier molecular flexibility index (Phi) is 3.85. The standard InChI is InChI=1S/C13H10ClFN2O3/c1-2-7-6-17(16-11(12(7)18)13(19)20)10-4-3-8(14)5-9(10)15/h3-6H,2H2,1H3,(H,19,20). The number of aryl methyl sites for hydroxylation is 1. The van der Waals surface area contributed by atoms with E-state index in [0.717, 1.165) is 10.7 Å². The Morgan fingerprint density at radius 2 is 2.20 bits per heavy atom. The number of aromatic nitrogens is 2. The van der Waals surface area contributed by atoms with E-state index in [2.05, 4.69) is 5.10 Å². The normalized spacial score (nSPS) is 10.6. The Labute approximate surface area is 118 Å². The van der Waals surface area contributed by atoms with E-state index in [1.807, 2.05) is 0 Å².